The highest BCUT2D eigenvalue weighted by Gasteiger charge is 2.32. The Kier molecular flexibility index (Phi) is 3.85. The zero-order valence-corrected chi connectivity index (χ0v) is 12.4. The minimum atomic E-state index is -0.316. The number of nitrogens with zero attached hydrogens (tertiary/aromatic N) is 1. The molecule has 1 aliphatic heterocycles. The largest absolute Gasteiger partial charge is 0.508 e. The first-order valence-electron chi connectivity index (χ1n) is 7.51. The van der Waals surface area contributed by atoms with Crippen molar-refractivity contribution in [3.05, 3.63) is 30.0 Å². The Morgan fingerprint density at radius 3 is 3.00 bits per heavy atom. The van der Waals surface area contributed by atoms with Crippen molar-refractivity contribution in [2.24, 2.45) is 0 Å². The number of carbonyl (C=O) groups is 2. The van der Waals surface area contributed by atoms with Gasteiger partial charge in [0.25, 0.3) is 5.91 Å². The molecule has 1 fully saturated rings. The maximum atomic E-state index is 12.6. The van der Waals surface area contributed by atoms with E-state index in [1.165, 1.54) is 4.90 Å². The molecule has 6 nitrogen and oxygen atoms in total. The first-order chi connectivity index (χ1) is 10.6. The predicted octanol–water partition coefficient (Wildman–Crippen LogP) is 1.61. The molecule has 116 valence electrons. The lowest BCUT2D eigenvalue weighted by molar-refractivity contribution is -0.132. The number of H-pyrrole nitrogens is 1. The fraction of sp³-hybridized carbons (Fsp3) is 0.375. The molecule has 1 saturated heterocycles. The third-order valence-electron chi connectivity index (χ3n) is 3.95. The van der Waals surface area contributed by atoms with E-state index in [9.17, 15) is 14.7 Å². The molecule has 0 spiro atoms. The Morgan fingerprint density at radius 1 is 1.41 bits per heavy atom. The van der Waals surface area contributed by atoms with Gasteiger partial charge in [-0.1, -0.05) is 13.3 Å². The molecular weight excluding hydrogens is 282 g/mol. The van der Waals surface area contributed by atoms with Crippen LogP contribution in [0.3, 0.4) is 0 Å². The van der Waals surface area contributed by atoms with Gasteiger partial charge in [0.2, 0.25) is 5.91 Å². The topological polar surface area (TPSA) is 85.4 Å². The van der Waals surface area contributed by atoms with Crippen molar-refractivity contribution in [1.82, 2.24) is 15.2 Å². The zero-order valence-electron chi connectivity index (χ0n) is 12.4. The van der Waals surface area contributed by atoms with Gasteiger partial charge in [-0.25, -0.2) is 0 Å². The lowest BCUT2D eigenvalue weighted by atomic mass is 10.1. The van der Waals surface area contributed by atoms with Crippen LogP contribution in [0.5, 0.6) is 5.75 Å². The van der Waals surface area contributed by atoms with E-state index in [1.807, 2.05) is 6.92 Å². The minimum absolute atomic E-state index is 0.145. The number of phenols is 1. The average Bonchev–Trinajstić information content (AvgIpc) is 2.92. The number of benzene rings is 1. The van der Waals surface area contributed by atoms with Crippen LogP contribution < -0.4 is 5.32 Å². The normalized spacial score (nSPS) is 18.9. The van der Waals surface area contributed by atoms with Crippen LogP contribution in [0.4, 0.5) is 0 Å². The van der Waals surface area contributed by atoms with Crippen molar-refractivity contribution in [3.63, 3.8) is 0 Å². The van der Waals surface area contributed by atoms with Crippen molar-refractivity contribution >= 4 is 22.7 Å². The summed E-state index contributed by atoms with van der Waals surface area (Å²) in [5.41, 5.74) is 1.12. The number of aromatic amines is 1. The summed E-state index contributed by atoms with van der Waals surface area (Å²) in [6.07, 6.45) is 1.61. The molecule has 1 aromatic carbocycles. The van der Waals surface area contributed by atoms with Crippen LogP contribution in [0.25, 0.3) is 10.9 Å². The fourth-order valence-electron chi connectivity index (χ4n) is 2.83. The van der Waals surface area contributed by atoms with Crippen LogP contribution in [-0.4, -0.2) is 45.9 Å². The second kappa shape index (κ2) is 5.81. The van der Waals surface area contributed by atoms with Crippen molar-refractivity contribution < 1.29 is 14.7 Å². The Morgan fingerprint density at radius 2 is 2.23 bits per heavy atom. The summed E-state index contributed by atoms with van der Waals surface area (Å²) >= 11 is 0. The van der Waals surface area contributed by atoms with Crippen molar-refractivity contribution in [1.29, 1.82) is 0 Å². The van der Waals surface area contributed by atoms with Crippen LogP contribution in [0, 0.1) is 0 Å². The van der Waals surface area contributed by atoms with Crippen LogP contribution in [0.1, 0.15) is 30.3 Å². The van der Waals surface area contributed by atoms with E-state index in [1.54, 1.807) is 24.3 Å². The Balaban J connectivity index is 1.86. The van der Waals surface area contributed by atoms with E-state index in [-0.39, 0.29) is 23.6 Å². The molecule has 3 rings (SSSR count). The van der Waals surface area contributed by atoms with Gasteiger partial charge < -0.3 is 15.4 Å². The number of aromatic nitrogens is 1. The number of piperazine rings is 1. The summed E-state index contributed by atoms with van der Waals surface area (Å²) in [6, 6.07) is 6.24. The van der Waals surface area contributed by atoms with E-state index >= 15 is 0 Å². The van der Waals surface area contributed by atoms with E-state index in [4.69, 9.17) is 0 Å². The van der Waals surface area contributed by atoms with Crippen molar-refractivity contribution in [2.45, 2.75) is 25.8 Å². The smallest absolute Gasteiger partial charge is 0.276 e. The molecular formula is C16H19N3O3. The number of aromatic hydroxyl groups is 1. The lowest BCUT2D eigenvalue weighted by Crippen LogP contribution is -2.56. The van der Waals surface area contributed by atoms with Gasteiger partial charge in [-0.05, 0) is 30.7 Å². The predicted molar refractivity (Wildman–Crippen MR) is 82.7 cm³/mol. The van der Waals surface area contributed by atoms with E-state index in [2.05, 4.69) is 10.3 Å². The number of carbonyl (C=O) groups excluding carboxylic acids is 2. The maximum absolute atomic E-state index is 12.6. The van der Waals surface area contributed by atoms with Crippen molar-refractivity contribution in [2.75, 3.05) is 13.1 Å². The highest BCUT2D eigenvalue weighted by atomic mass is 16.3. The summed E-state index contributed by atoms with van der Waals surface area (Å²) in [7, 11) is 0. The molecule has 3 N–H and O–H groups in total. The number of fused-ring (bicyclic) bond motifs is 1. The quantitative estimate of drug-likeness (QED) is 0.752. The SMILES string of the molecule is CCCC1NCCN(C(=O)c2cc3cc(O)ccc3[nH]2)C1=O. The van der Waals surface area contributed by atoms with Gasteiger partial charge in [-0.2, -0.15) is 0 Å². The Bertz CT molecular complexity index is 720. The monoisotopic (exact) mass is 301 g/mol. The highest BCUT2D eigenvalue weighted by molar-refractivity contribution is 6.07. The summed E-state index contributed by atoms with van der Waals surface area (Å²) in [4.78, 5) is 29.3. The molecule has 1 aromatic heterocycles. The van der Waals surface area contributed by atoms with Gasteiger partial charge >= 0.3 is 0 Å². The zero-order chi connectivity index (χ0) is 15.7. The molecule has 1 aliphatic rings. The van der Waals surface area contributed by atoms with Gasteiger partial charge in [0, 0.05) is 24.0 Å². The van der Waals surface area contributed by atoms with Crippen molar-refractivity contribution in [3.8, 4) is 5.75 Å². The first kappa shape index (κ1) is 14.6. The van der Waals surface area contributed by atoms with E-state index in [0.29, 0.717) is 18.8 Å². The maximum Gasteiger partial charge on any atom is 0.276 e. The molecule has 2 heterocycles. The molecule has 6 heteroatoms. The Hall–Kier alpha value is -2.34. The number of imide groups is 1. The molecule has 22 heavy (non-hydrogen) atoms. The molecule has 1 atom stereocenters. The minimum Gasteiger partial charge on any atom is -0.508 e. The van der Waals surface area contributed by atoms with E-state index < -0.39 is 0 Å². The summed E-state index contributed by atoms with van der Waals surface area (Å²) < 4.78 is 0. The number of phenolic OH excluding ortho intramolecular Hbond substituents is 1. The Labute approximate surface area is 128 Å². The second-order valence-electron chi connectivity index (χ2n) is 5.54. The average molecular weight is 301 g/mol. The molecule has 0 aliphatic carbocycles. The highest BCUT2D eigenvalue weighted by Crippen LogP contribution is 2.22. The molecule has 2 amide bonds. The van der Waals surface area contributed by atoms with Crippen LogP contribution in [0.15, 0.2) is 24.3 Å². The van der Waals surface area contributed by atoms with Crippen LogP contribution >= 0.6 is 0 Å². The summed E-state index contributed by atoms with van der Waals surface area (Å²) in [5, 5.41) is 13.4. The third kappa shape index (κ3) is 2.57. The van der Waals surface area contributed by atoms with Gasteiger partial charge in [0.1, 0.15) is 11.4 Å². The van der Waals surface area contributed by atoms with Crippen LogP contribution in [-0.2, 0) is 4.79 Å². The number of hydrogen-bond acceptors (Lipinski definition) is 4. The molecule has 0 bridgehead atoms. The number of nitrogens with one attached hydrogen (secondary N) is 2. The number of rotatable bonds is 3. The lowest BCUT2D eigenvalue weighted by Gasteiger charge is -2.31. The summed E-state index contributed by atoms with van der Waals surface area (Å²) in [5.74, 6) is -0.338. The van der Waals surface area contributed by atoms with Gasteiger partial charge in [0.15, 0.2) is 0 Å². The van der Waals surface area contributed by atoms with Gasteiger partial charge in [-0.15, -0.1) is 0 Å². The summed E-state index contributed by atoms with van der Waals surface area (Å²) in [6.45, 7) is 3.00. The third-order valence-corrected chi connectivity index (χ3v) is 3.95. The van der Waals surface area contributed by atoms with Gasteiger partial charge in [0.05, 0.1) is 6.04 Å². The van der Waals surface area contributed by atoms with Gasteiger partial charge in [-0.3, -0.25) is 14.5 Å². The first-order valence-corrected chi connectivity index (χ1v) is 7.51. The molecule has 1 unspecified atom stereocenters. The second-order valence-corrected chi connectivity index (χ2v) is 5.54. The number of hydrogen-bond donors (Lipinski definition) is 3. The number of amides is 2. The molecule has 2 aromatic rings. The van der Waals surface area contributed by atoms with E-state index in [0.717, 1.165) is 23.7 Å². The molecule has 0 saturated carbocycles. The van der Waals surface area contributed by atoms with Crippen LogP contribution in [0.2, 0.25) is 0 Å². The standard InChI is InChI=1S/C16H19N3O3/c1-2-3-13-15(21)19(7-6-17-13)16(22)14-9-10-8-11(20)4-5-12(10)18-14/h4-5,8-9,13,17-18,20H,2-3,6-7H2,1H3. The molecule has 0 radical (unpaired) electrons. The fourth-order valence-corrected chi connectivity index (χ4v) is 2.83.